The number of nitrogens with two attached hydrogens (primary N) is 1. The number of carboxylic acids is 1. The van der Waals surface area contributed by atoms with Crippen LogP contribution in [0.5, 0.6) is 0 Å². The predicted octanol–water partition coefficient (Wildman–Crippen LogP) is 1.47. The maximum Gasteiger partial charge on any atom is 0.305 e. The smallest absolute Gasteiger partial charge is 0.305 e. The molecule has 9 atom stereocenters. The molecule has 54 heavy (non-hydrogen) atoms. The lowest BCUT2D eigenvalue weighted by Crippen LogP contribution is -2.51. The minimum Gasteiger partial charge on any atom is -0.481 e. The Morgan fingerprint density at radius 1 is 0.519 bits per heavy atom. The fourth-order valence-corrected chi connectivity index (χ4v) is 5.83. The van der Waals surface area contributed by atoms with E-state index in [1.54, 1.807) is 27.7 Å². The van der Waals surface area contributed by atoms with Crippen LogP contribution in [0.4, 0.5) is 0 Å². The number of carbonyl (C=O) groups is 7. The zero-order chi connectivity index (χ0) is 41.9. The molecule has 0 aromatic rings. The average Bonchev–Trinajstić information content (AvgIpc) is 2.98. The number of aliphatic hydroxyl groups excluding tert-OH is 1. The highest BCUT2D eigenvalue weighted by molar-refractivity contribution is 5.84. The Morgan fingerprint density at radius 3 is 1.33 bits per heavy atom. The topological polar surface area (TPSA) is 258 Å². The SMILES string of the molecule is CC(C)C[C@@H](CC(=O)O)NC(=O)C[C@H](C)NC(=O)C[C@H](NC(=O)[C@@H](C)[C@H](C)NC(=O)C[C@H](CC(C)C)NC(=O)C[C@H](C)NC(=O)C[C@H](N)C(C)C)C(C)O. The zero-order valence-corrected chi connectivity index (χ0v) is 34.4. The molecule has 10 N–H and O–H groups in total. The summed E-state index contributed by atoms with van der Waals surface area (Å²) in [6.45, 7) is 19.7. The maximum atomic E-state index is 13.2. The van der Waals surface area contributed by atoms with E-state index in [0.717, 1.165) is 0 Å². The maximum absolute atomic E-state index is 13.2. The van der Waals surface area contributed by atoms with Gasteiger partial charge in [-0.3, -0.25) is 33.6 Å². The van der Waals surface area contributed by atoms with Gasteiger partial charge in [-0.25, -0.2) is 0 Å². The molecular weight excluding hydrogens is 698 g/mol. The van der Waals surface area contributed by atoms with E-state index in [4.69, 9.17) is 10.8 Å². The van der Waals surface area contributed by atoms with Crippen molar-refractivity contribution in [3.63, 3.8) is 0 Å². The van der Waals surface area contributed by atoms with Gasteiger partial charge in [-0.05, 0) is 58.3 Å². The second-order valence-corrected chi connectivity index (χ2v) is 16.3. The molecule has 312 valence electrons. The summed E-state index contributed by atoms with van der Waals surface area (Å²) in [6, 6.07) is -3.94. The Hall–Kier alpha value is -3.79. The van der Waals surface area contributed by atoms with Crippen LogP contribution in [0.2, 0.25) is 0 Å². The molecule has 16 heteroatoms. The minimum absolute atomic E-state index is 0.0245. The first-order valence-corrected chi connectivity index (χ1v) is 19.3. The van der Waals surface area contributed by atoms with E-state index in [2.05, 4.69) is 31.9 Å². The van der Waals surface area contributed by atoms with Crippen LogP contribution >= 0.6 is 0 Å². The molecule has 6 amide bonds. The number of amides is 6. The largest absolute Gasteiger partial charge is 0.481 e. The molecule has 1 unspecified atom stereocenters. The molecule has 0 heterocycles. The third-order valence-electron chi connectivity index (χ3n) is 9.04. The first kappa shape index (κ1) is 50.2. The van der Waals surface area contributed by atoms with Gasteiger partial charge in [0.1, 0.15) is 0 Å². The molecule has 0 aliphatic carbocycles. The van der Waals surface area contributed by atoms with E-state index in [-0.39, 0.29) is 80.0 Å². The molecular formula is C38H71N7O9. The Morgan fingerprint density at radius 2 is 0.926 bits per heavy atom. The van der Waals surface area contributed by atoms with Crippen LogP contribution < -0.4 is 37.6 Å². The third kappa shape index (κ3) is 23.1. The third-order valence-corrected chi connectivity index (χ3v) is 9.04. The van der Waals surface area contributed by atoms with E-state index < -0.39 is 72.0 Å². The quantitative estimate of drug-likeness (QED) is 0.0612. The molecule has 0 fully saturated rings. The van der Waals surface area contributed by atoms with Crippen molar-refractivity contribution in [2.24, 2.45) is 29.4 Å². The molecule has 0 saturated heterocycles. The van der Waals surface area contributed by atoms with Gasteiger partial charge in [0.2, 0.25) is 35.4 Å². The number of carboxylic acid groups (broad SMARTS) is 1. The Balaban J connectivity index is 5.13. The minimum atomic E-state index is -1.10. The second-order valence-electron chi connectivity index (χ2n) is 16.3. The van der Waals surface area contributed by atoms with Crippen LogP contribution in [0.15, 0.2) is 0 Å². The van der Waals surface area contributed by atoms with Crippen LogP contribution in [-0.2, 0) is 33.6 Å². The van der Waals surface area contributed by atoms with E-state index in [1.807, 2.05) is 41.5 Å². The standard InChI is InChI=1S/C38H71N7O9/c1-20(2)12-28(43-32(47)14-23(7)40-35(50)18-30(39)22(5)6)16-34(49)42-26(10)25(9)38(54)45-31(27(11)46)19-36(51)41-24(8)15-33(48)44-29(13-21(3)4)17-37(52)53/h20-31,46H,12-19,39H2,1-11H3,(H,40,50)(H,41,51)(H,42,49)(H,43,47)(H,44,48)(H,45,54)(H,52,53)/t23-,24-,25-,26-,27?,28-,29-,30-,31-/m0/s1. The number of hydrogen-bond acceptors (Lipinski definition) is 9. The first-order valence-electron chi connectivity index (χ1n) is 19.3. The molecule has 16 nitrogen and oxygen atoms in total. The second kappa shape index (κ2) is 25.3. The summed E-state index contributed by atoms with van der Waals surface area (Å²) >= 11 is 0. The van der Waals surface area contributed by atoms with Crippen molar-refractivity contribution in [2.45, 2.75) is 176 Å². The summed E-state index contributed by atoms with van der Waals surface area (Å²) in [5.41, 5.74) is 5.98. The van der Waals surface area contributed by atoms with Crippen LogP contribution in [-0.4, -0.2) is 100 Å². The van der Waals surface area contributed by atoms with Crippen LogP contribution in [0, 0.1) is 23.7 Å². The van der Waals surface area contributed by atoms with Crippen LogP contribution in [0.1, 0.15) is 128 Å². The van der Waals surface area contributed by atoms with E-state index in [1.165, 1.54) is 6.92 Å². The summed E-state index contributed by atoms with van der Waals surface area (Å²) in [6.07, 6.45) is -0.512. The lowest BCUT2D eigenvalue weighted by molar-refractivity contribution is -0.138. The summed E-state index contributed by atoms with van der Waals surface area (Å²) in [7, 11) is 0. The molecule has 0 aromatic carbocycles. The van der Waals surface area contributed by atoms with Crippen molar-refractivity contribution in [2.75, 3.05) is 0 Å². The zero-order valence-electron chi connectivity index (χ0n) is 34.4. The summed E-state index contributed by atoms with van der Waals surface area (Å²) in [4.78, 5) is 87.9. The Labute approximate surface area is 322 Å². The number of aliphatic hydroxyl groups is 1. The molecule has 0 radical (unpaired) electrons. The van der Waals surface area contributed by atoms with Gasteiger partial charge in [0.25, 0.3) is 0 Å². The fourth-order valence-electron chi connectivity index (χ4n) is 5.83. The molecule has 0 spiro atoms. The van der Waals surface area contributed by atoms with Crippen molar-refractivity contribution in [3.8, 4) is 0 Å². The fraction of sp³-hybridized carbons (Fsp3) is 0.816. The lowest BCUT2D eigenvalue weighted by atomic mass is 9.98. The molecule has 0 bridgehead atoms. The van der Waals surface area contributed by atoms with Gasteiger partial charge in [-0.15, -0.1) is 0 Å². The van der Waals surface area contributed by atoms with Gasteiger partial charge in [0.15, 0.2) is 0 Å². The van der Waals surface area contributed by atoms with Gasteiger partial charge >= 0.3 is 5.97 Å². The Bertz CT molecular complexity index is 1230. The van der Waals surface area contributed by atoms with Crippen LogP contribution in [0.25, 0.3) is 0 Å². The highest BCUT2D eigenvalue weighted by Crippen LogP contribution is 2.13. The van der Waals surface area contributed by atoms with E-state index in [9.17, 15) is 38.7 Å². The van der Waals surface area contributed by atoms with Gasteiger partial charge < -0.3 is 47.8 Å². The summed E-state index contributed by atoms with van der Waals surface area (Å²) < 4.78 is 0. The predicted molar refractivity (Wildman–Crippen MR) is 207 cm³/mol. The first-order chi connectivity index (χ1) is 24.9. The van der Waals surface area contributed by atoms with Crippen molar-refractivity contribution in [1.29, 1.82) is 0 Å². The van der Waals surface area contributed by atoms with Crippen LogP contribution in [0.3, 0.4) is 0 Å². The highest BCUT2D eigenvalue weighted by Gasteiger charge is 2.29. The number of nitrogens with one attached hydrogen (secondary N) is 6. The molecule has 0 aliphatic heterocycles. The van der Waals surface area contributed by atoms with Crippen molar-refractivity contribution < 1.29 is 43.8 Å². The monoisotopic (exact) mass is 770 g/mol. The molecule has 0 rings (SSSR count). The number of hydrogen-bond donors (Lipinski definition) is 9. The number of rotatable bonds is 26. The Kier molecular flexibility index (Phi) is 23.5. The highest BCUT2D eigenvalue weighted by atomic mass is 16.4. The van der Waals surface area contributed by atoms with Crippen molar-refractivity contribution in [3.05, 3.63) is 0 Å². The summed E-state index contributed by atoms with van der Waals surface area (Å²) in [5.74, 6) is -3.63. The van der Waals surface area contributed by atoms with E-state index >= 15 is 0 Å². The van der Waals surface area contributed by atoms with Crippen molar-refractivity contribution in [1.82, 2.24) is 31.9 Å². The number of carbonyl (C=O) groups excluding carboxylic acids is 6. The van der Waals surface area contributed by atoms with Gasteiger partial charge in [-0.1, -0.05) is 48.5 Å². The lowest BCUT2D eigenvalue weighted by Gasteiger charge is -2.27. The normalized spacial score (nSPS) is 16.5. The molecule has 0 aromatic heterocycles. The van der Waals surface area contributed by atoms with Crippen molar-refractivity contribution >= 4 is 41.4 Å². The van der Waals surface area contributed by atoms with E-state index in [0.29, 0.717) is 12.8 Å². The van der Waals surface area contributed by atoms with Gasteiger partial charge in [0, 0.05) is 68.4 Å². The molecule has 0 saturated carbocycles. The molecule has 0 aliphatic rings. The number of aliphatic carboxylic acids is 1. The average molecular weight is 770 g/mol. The summed E-state index contributed by atoms with van der Waals surface area (Å²) in [5, 5.41) is 36.1. The van der Waals surface area contributed by atoms with Gasteiger partial charge in [-0.2, -0.15) is 0 Å². The van der Waals surface area contributed by atoms with Gasteiger partial charge in [0.05, 0.1) is 24.5 Å².